The smallest absolute Gasteiger partial charge is 0.100 e. The van der Waals surface area contributed by atoms with E-state index in [2.05, 4.69) is 6.92 Å². The van der Waals surface area contributed by atoms with Crippen molar-refractivity contribution in [2.24, 2.45) is 0 Å². The Labute approximate surface area is 175 Å². The largest absolute Gasteiger partial charge is 0.394 e. The van der Waals surface area contributed by atoms with Crippen molar-refractivity contribution < 1.29 is 19.7 Å². The first-order chi connectivity index (χ1) is 13.7. The summed E-state index contributed by atoms with van der Waals surface area (Å²) in [5.41, 5.74) is 0. The Kier molecular flexibility index (Phi) is 23.0. The van der Waals surface area contributed by atoms with Crippen molar-refractivity contribution in [3.8, 4) is 0 Å². The summed E-state index contributed by atoms with van der Waals surface area (Å²) >= 11 is 0. The fourth-order valence-corrected chi connectivity index (χ4v) is 3.58. The fraction of sp³-hybridized carbons (Fsp3) is 1.00. The number of rotatable bonds is 23. The molecule has 2 unspecified atom stereocenters. The molecule has 2 N–H and O–H groups in total. The monoisotopic (exact) mass is 402 g/mol. The second kappa shape index (κ2) is 23.1. The minimum atomic E-state index is -0.784. The molecule has 28 heavy (non-hydrogen) atoms. The molecule has 0 aliphatic heterocycles. The van der Waals surface area contributed by atoms with Crippen LogP contribution < -0.4 is 0 Å². The van der Waals surface area contributed by atoms with Gasteiger partial charge in [0.05, 0.1) is 25.9 Å². The lowest BCUT2D eigenvalue weighted by Crippen LogP contribution is -2.24. The number of hydrogen-bond acceptors (Lipinski definition) is 4. The van der Waals surface area contributed by atoms with Crippen LogP contribution in [0.15, 0.2) is 0 Å². The summed E-state index contributed by atoms with van der Waals surface area (Å²) in [5, 5.41) is 18.0. The van der Waals surface area contributed by atoms with E-state index in [0.29, 0.717) is 6.61 Å². The maximum atomic E-state index is 9.25. The molecule has 0 heterocycles. The van der Waals surface area contributed by atoms with Crippen LogP contribution in [-0.4, -0.2) is 49.4 Å². The molecule has 0 saturated heterocycles. The highest BCUT2D eigenvalue weighted by molar-refractivity contribution is 4.59. The summed E-state index contributed by atoms with van der Waals surface area (Å²) in [4.78, 5) is 0. The molecule has 4 heteroatoms. The molecule has 0 aromatic rings. The maximum absolute atomic E-state index is 9.25. The first-order valence-electron chi connectivity index (χ1n) is 12.1. The van der Waals surface area contributed by atoms with Crippen LogP contribution in [0.3, 0.4) is 0 Å². The van der Waals surface area contributed by atoms with Crippen LogP contribution in [0.5, 0.6) is 0 Å². The van der Waals surface area contributed by atoms with Crippen molar-refractivity contribution in [1.29, 1.82) is 0 Å². The second-order valence-electron chi connectivity index (χ2n) is 8.32. The van der Waals surface area contributed by atoms with Gasteiger partial charge in [-0.25, -0.2) is 0 Å². The molecule has 0 saturated carbocycles. The van der Waals surface area contributed by atoms with Gasteiger partial charge in [-0.15, -0.1) is 0 Å². The van der Waals surface area contributed by atoms with E-state index in [1.165, 1.54) is 103 Å². The summed E-state index contributed by atoms with van der Waals surface area (Å²) in [6.45, 7) is 2.70. The first-order valence-corrected chi connectivity index (χ1v) is 12.1. The lowest BCUT2D eigenvalue weighted by Gasteiger charge is -2.16. The lowest BCUT2D eigenvalue weighted by molar-refractivity contribution is -0.0381. The Balaban J connectivity index is 3.23. The Morgan fingerprint density at radius 3 is 1.46 bits per heavy atom. The van der Waals surface area contributed by atoms with Crippen molar-refractivity contribution in [1.82, 2.24) is 0 Å². The van der Waals surface area contributed by atoms with Gasteiger partial charge in [-0.05, 0) is 6.42 Å². The van der Waals surface area contributed by atoms with E-state index in [1.54, 1.807) is 7.11 Å². The zero-order valence-electron chi connectivity index (χ0n) is 19.0. The first kappa shape index (κ1) is 27.8. The molecule has 0 bridgehead atoms. The Morgan fingerprint density at radius 1 is 0.643 bits per heavy atom. The predicted octanol–water partition coefficient (Wildman–Crippen LogP) is 6.02. The van der Waals surface area contributed by atoms with Gasteiger partial charge in [0.1, 0.15) is 6.10 Å². The van der Waals surface area contributed by atoms with Crippen molar-refractivity contribution in [2.75, 3.05) is 26.9 Å². The summed E-state index contributed by atoms with van der Waals surface area (Å²) in [6.07, 6.45) is 22.4. The Morgan fingerprint density at radius 2 is 1.07 bits per heavy atom. The van der Waals surface area contributed by atoms with E-state index in [0.717, 1.165) is 6.42 Å². The van der Waals surface area contributed by atoms with Gasteiger partial charge in [-0.1, -0.05) is 110 Å². The van der Waals surface area contributed by atoms with Gasteiger partial charge in [0, 0.05) is 7.11 Å². The number of hydrogen-bond donors (Lipinski definition) is 2. The fourth-order valence-electron chi connectivity index (χ4n) is 3.58. The SMILES string of the molecule is CCCCCCCCCCCCCCCCCCC(COCC(O)CO)OC. The molecule has 0 radical (unpaired) electrons. The molecule has 0 rings (SSSR count). The van der Waals surface area contributed by atoms with Gasteiger partial charge in [0.15, 0.2) is 0 Å². The van der Waals surface area contributed by atoms with Crippen LogP contribution in [0.25, 0.3) is 0 Å². The third kappa shape index (κ3) is 20.6. The van der Waals surface area contributed by atoms with Crippen LogP contribution in [-0.2, 0) is 9.47 Å². The lowest BCUT2D eigenvalue weighted by atomic mass is 10.0. The molecule has 0 aliphatic rings. The summed E-state index contributed by atoms with van der Waals surface area (Å²) in [5.74, 6) is 0. The molecule has 0 fully saturated rings. The molecule has 4 nitrogen and oxygen atoms in total. The van der Waals surface area contributed by atoms with Crippen molar-refractivity contribution >= 4 is 0 Å². The second-order valence-corrected chi connectivity index (χ2v) is 8.32. The zero-order valence-corrected chi connectivity index (χ0v) is 19.0. The molecule has 0 aromatic carbocycles. The number of ether oxygens (including phenoxy) is 2. The molecule has 2 atom stereocenters. The van der Waals surface area contributed by atoms with Crippen LogP contribution in [0.1, 0.15) is 116 Å². The van der Waals surface area contributed by atoms with Crippen molar-refractivity contribution in [2.45, 2.75) is 128 Å². The van der Waals surface area contributed by atoms with Crippen LogP contribution in [0.4, 0.5) is 0 Å². The average Bonchev–Trinajstić information content (AvgIpc) is 2.71. The normalized spacial score (nSPS) is 13.7. The van der Waals surface area contributed by atoms with E-state index in [4.69, 9.17) is 14.6 Å². The number of aliphatic hydroxyl groups is 2. The molecule has 0 amide bonds. The van der Waals surface area contributed by atoms with E-state index in [1.807, 2.05) is 0 Å². The van der Waals surface area contributed by atoms with Gasteiger partial charge in [-0.2, -0.15) is 0 Å². The van der Waals surface area contributed by atoms with Crippen LogP contribution in [0.2, 0.25) is 0 Å². The van der Waals surface area contributed by atoms with Gasteiger partial charge in [0.25, 0.3) is 0 Å². The van der Waals surface area contributed by atoms with E-state index in [-0.39, 0.29) is 19.3 Å². The third-order valence-electron chi connectivity index (χ3n) is 5.54. The molecule has 170 valence electrons. The number of methoxy groups -OCH3 is 1. The topological polar surface area (TPSA) is 58.9 Å². The van der Waals surface area contributed by atoms with Crippen LogP contribution >= 0.6 is 0 Å². The predicted molar refractivity (Wildman–Crippen MR) is 119 cm³/mol. The quantitative estimate of drug-likeness (QED) is 0.205. The number of unbranched alkanes of at least 4 members (excludes halogenated alkanes) is 15. The van der Waals surface area contributed by atoms with E-state index >= 15 is 0 Å². The Hall–Kier alpha value is -0.160. The van der Waals surface area contributed by atoms with Gasteiger partial charge in [0.2, 0.25) is 0 Å². The minimum absolute atomic E-state index is 0.0949. The highest BCUT2D eigenvalue weighted by Crippen LogP contribution is 2.14. The highest BCUT2D eigenvalue weighted by Gasteiger charge is 2.09. The number of aliphatic hydroxyl groups excluding tert-OH is 2. The standard InChI is InChI=1S/C24H50O4/c1-3-4-5-6-7-8-9-10-11-12-13-14-15-16-17-18-19-24(27-2)22-28-21-23(26)20-25/h23-26H,3-22H2,1-2H3. The van der Waals surface area contributed by atoms with Gasteiger partial charge in [-0.3, -0.25) is 0 Å². The molecule has 0 aliphatic carbocycles. The maximum Gasteiger partial charge on any atom is 0.100 e. The highest BCUT2D eigenvalue weighted by atomic mass is 16.5. The third-order valence-corrected chi connectivity index (χ3v) is 5.54. The van der Waals surface area contributed by atoms with Crippen molar-refractivity contribution in [3.05, 3.63) is 0 Å². The van der Waals surface area contributed by atoms with Gasteiger partial charge >= 0.3 is 0 Å². The molecule has 0 aromatic heterocycles. The summed E-state index contributed by atoms with van der Waals surface area (Å²) < 4.78 is 10.8. The zero-order chi connectivity index (χ0) is 20.7. The van der Waals surface area contributed by atoms with Crippen LogP contribution in [0, 0.1) is 0 Å². The minimum Gasteiger partial charge on any atom is -0.394 e. The Bertz CT molecular complexity index is 286. The van der Waals surface area contributed by atoms with Gasteiger partial charge < -0.3 is 19.7 Å². The molecular weight excluding hydrogens is 352 g/mol. The molecule has 0 spiro atoms. The summed E-state index contributed by atoms with van der Waals surface area (Å²) in [6, 6.07) is 0. The average molecular weight is 403 g/mol. The molecular formula is C24H50O4. The summed E-state index contributed by atoms with van der Waals surface area (Å²) in [7, 11) is 1.71. The van der Waals surface area contributed by atoms with E-state index < -0.39 is 6.10 Å². The van der Waals surface area contributed by atoms with E-state index in [9.17, 15) is 5.11 Å². The van der Waals surface area contributed by atoms with Crippen molar-refractivity contribution in [3.63, 3.8) is 0 Å².